The number of fused-ring (bicyclic) bond motifs is 1. The van der Waals surface area contributed by atoms with E-state index in [9.17, 15) is 14.4 Å². The number of anilines is 1. The summed E-state index contributed by atoms with van der Waals surface area (Å²) in [5.41, 5.74) is 1.56. The number of benzene rings is 1. The van der Waals surface area contributed by atoms with Crippen LogP contribution in [0.4, 0.5) is 5.69 Å². The molecular weight excluding hydrogens is 384 g/mol. The topological polar surface area (TPSA) is 116 Å². The molecule has 1 aromatic carbocycles. The highest BCUT2D eigenvalue weighted by molar-refractivity contribution is 5.95. The number of carbonyl (C=O) groups excluding carboxylic acids is 2. The fraction of sp³-hybridized carbons (Fsp3) is 0.571. The van der Waals surface area contributed by atoms with E-state index >= 15 is 0 Å². The number of aromatic nitrogens is 2. The van der Waals surface area contributed by atoms with Crippen molar-refractivity contribution < 1.29 is 19.4 Å². The summed E-state index contributed by atoms with van der Waals surface area (Å²) in [4.78, 5) is 44.3. The number of nitrogens with one attached hydrogen (secondary N) is 6. The third-order valence-corrected chi connectivity index (χ3v) is 5.54. The molecular formula is C21H34N6O3+2. The summed E-state index contributed by atoms with van der Waals surface area (Å²) in [6.45, 7) is 11.9. The minimum Gasteiger partial charge on any atom is -0.347 e. The molecule has 2 amide bonds. The van der Waals surface area contributed by atoms with Crippen LogP contribution < -0.4 is 26.1 Å². The van der Waals surface area contributed by atoms with Gasteiger partial charge in [0.05, 0.1) is 24.1 Å². The van der Waals surface area contributed by atoms with Gasteiger partial charge in [-0.3, -0.25) is 9.59 Å². The third kappa shape index (κ3) is 5.93. The Bertz CT molecular complexity index is 958. The Balaban J connectivity index is 1.54. The summed E-state index contributed by atoms with van der Waals surface area (Å²) in [5.74, 6) is 0.0288. The van der Waals surface area contributed by atoms with Crippen LogP contribution >= 0.6 is 0 Å². The number of amides is 2. The molecule has 6 N–H and O–H groups in total. The van der Waals surface area contributed by atoms with Crippen molar-refractivity contribution in [2.75, 3.05) is 38.0 Å². The van der Waals surface area contributed by atoms with Crippen LogP contribution in [0.3, 0.4) is 0 Å². The number of hydrogen-bond acceptors (Lipinski definition) is 3. The van der Waals surface area contributed by atoms with Gasteiger partial charge in [0.25, 0.3) is 11.8 Å². The molecule has 164 valence electrons. The summed E-state index contributed by atoms with van der Waals surface area (Å²) in [5, 5.41) is 5.99. The Morgan fingerprint density at radius 3 is 2.57 bits per heavy atom. The lowest BCUT2D eigenvalue weighted by Crippen LogP contribution is -3.20. The second-order valence-corrected chi connectivity index (χ2v) is 9.29. The van der Waals surface area contributed by atoms with Crippen LogP contribution in [0, 0.1) is 0 Å². The van der Waals surface area contributed by atoms with Gasteiger partial charge in [0, 0.05) is 17.6 Å². The van der Waals surface area contributed by atoms with E-state index in [0.29, 0.717) is 23.3 Å². The zero-order valence-corrected chi connectivity index (χ0v) is 18.3. The van der Waals surface area contributed by atoms with Crippen LogP contribution in [0.25, 0.3) is 11.0 Å². The number of quaternary nitrogens is 2. The molecule has 3 atom stereocenters. The highest BCUT2D eigenvalue weighted by atomic mass is 16.2. The fourth-order valence-electron chi connectivity index (χ4n) is 4.00. The van der Waals surface area contributed by atoms with Crippen LogP contribution in [0.2, 0.25) is 0 Å². The Hall–Kier alpha value is -2.65. The monoisotopic (exact) mass is 418 g/mol. The molecule has 1 aromatic heterocycles. The summed E-state index contributed by atoms with van der Waals surface area (Å²) in [6, 6.07) is 5.12. The molecule has 2 heterocycles. The maximum Gasteiger partial charge on any atom is 0.323 e. The van der Waals surface area contributed by atoms with Crippen molar-refractivity contribution in [3.05, 3.63) is 28.7 Å². The first-order valence-electron chi connectivity index (χ1n) is 10.6. The molecule has 1 aliphatic heterocycles. The first kappa shape index (κ1) is 22.0. The first-order chi connectivity index (χ1) is 14.1. The molecule has 2 unspecified atom stereocenters. The van der Waals surface area contributed by atoms with Crippen LogP contribution in [0.5, 0.6) is 0 Å². The molecule has 1 saturated heterocycles. The Kier molecular flexibility index (Phi) is 6.62. The zero-order valence-electron chi connectivity index (χ0n) is 18.3. The molecule has 0 radical (unpaired) electrons. The van der Waals surface area contributed by atoms with Gasteiger partial charge in [0.1, 0.15) is 13.1 Å². The zero-order chi connectivity index (χ0) is 21.9. The van der Waals surface area contributed by atoms with Gasteiger partial charge >= 0.3 is 5.69 Å². The van der Waals surface area contributed by atoms with Crippen LogP contribution in [0.15, 0.2) is 23.0 Å². The van der Waals surface area contributed by atoms with Crippen molar-refractivity contribution in [3.63, 3.8) is 0 Å². The number of carbonyl (C=O) groups is 2. The normalized spacial score (nSPS) is 21.1. The predicted molar refractivity (Wildman–Crippen MR) is 116 cm³/mol. The minimum atomic E-state index is -0.265. The SMILES string of the molecule is C[C@@H](C(=O)Nc1ccc2[nH]c(=O)[nH]c2c1)[NH+]1CCC[NH+](CC(=O)NC(C)(C)C)CC1. The van der Waals surface area contributed by atoms with E-state index in [2.05, 4.69) is 20.6 Å². The average Bonchev–Trinajstić information content (AvgIpc) is 2.85. The number of imidazole rings is 1. The van der Waals surface area contributed by atoms with Gasteiger partial charge in [-0.2, -0.15) is 0 Å². The van der Waals surface area contributed by atoms with Crippen molar-refractivity contribution >= 4 is 28.5 Å². The molecule has 1 fully saturated rings. The van der Waals surface area contributed by atoms with E-state index in [1.807, 2.05) is 27.7 Å². The molecule has 0 bridgehead atoms. The van der Waals surface area contributed by atoms with Gasteiger partial charge in [-0.25, -0.2) is 4.79 Å². The third-order valence-electron chi connectivity index (χ3n) is 5.54. The number of hydrogen-bond donors (Lipinski definition) is 6. The van der Waals surface area contributed by atoms with E-state index in [4.69, 9.17) is 0 Å². The smallest absolute Gasteiger partial charge is 0.323 e. The summed E-state index contributed by atoms with van der Waals surface area (Å²) < 4.78 is 0. The van der Waals surface area contributed by atoms with Gasteiger partial charge < -0.3 is 30.4 Å². The van der Waals surface area contributed by atoms with Crippen LogP contribution in [-0.4, -0.2) is 66.1 Å². The maximum absolute atomic E-state index is 12.8. The van der Waals surface area contributed by atoms with Crippen molar-refractivity contribution in [3.8, 4) is 0 Å². The first-order valence-corrected chi connectivity index (χ1v) is 10.6. The second-order valence-electron chi connectivity index (χ2n) is 9.29. The van der Waals surface area contributed by atoms with Crippen molar-refractivity contribution in [1.29, 1.82) is 0 Å². The molecule has 2 aromatic rings. The highest BCUT2D eigenvalue weighted by Crippen LogP contribution is 2.14. The standard InChI is InChI=1S/C21H32N6O3/c1-14(19(29)22-15-6-7-16-17(12-15)24-20(30)23-16)27-9-5-8-26(10-11-27)13-18(28)25-21(2,3)4/h6-7,12,14H,5,8-11,13H2,1-4H3,(H,22,29)(H,25,28)(H2,23,24,30)/p+2/t14-/m0/s1. The average molecular weight is 419 g/mol. The van der Waals surface area contributed by atoms with Crippen LogP contribution in [-0.2, 0) is 9.59 Å². The second kappa shape index (κ2) is 9.01. The molecule has 1 aliphatic rings. The lowest BCUT2D eigenvalue weighted by molar-refractivity contribution is -0.942. The lowest BCUT2D eigenvalue weighted by Gasteiger charge is -2.24. The summed E-state index contributed by atoms with van der Waals surface area (Å²) in [7, 11) is 0. The number of aromatic amines is 2. The molecule has 9 nitrogen and oxygen atoms in total. The van der Waals surface area contributed by atoms with Crippen LogP contribution in [0.1, 0.15) is 34.1 Å². The van der Waals surface area contributed by atoms with E-state index in [0.717, 1.165) is 32.6 Å². The quantitative estimate of drug-likeness (QED) is 0.347. The van der Waals surface area contributed by atoms with E-state index in [1.54, 1.807) is 18.2 Å². The van der Waals surface area contributed by atoms with E-state index in [-0.39, 0.29) is 29.1 Å². The molecule has 9 heteroatoms. The largest absolute Gasteiger partial charge is 0.347 e. The van der Waals surface area contributed by atoms with Gasteiger partial charge in [-0.15, -0.1) is 0 Å². The Morgan fingerprint density at radius 2 is 1.83 bits per heavy atom. The fourth-order valence-corrected chi connectivity index (χ4v) is 4.00. The van der Waals surface area contributed by atoms with Gasteiger partial charge in [-0.1, -0.05) is 0 Å². The number of rotatable bonds is 5. The van der Waals surface area contributed by atoms with Crippen molar-refractivity contribution in [1.82, 2.24) is 15.3 Å². The summed E-state index contributed by atoms with van der Waals surface area (Å²) in [6.07, 6.45) is 0.974. The summed E-state index contributed by atoms with van der Waals surface area (Å²) >= 11 is 0. The molecule has 30 heavy (non-hydrogen) atoms. The van der Waals surface area contributed by atoms with E-state index < -0.39 is 0 Å². The maximum atomic E-state index is 12.8. The van der Waals surface area contributed by atoms with Crippen molar-refractivity contribution in [2.24, 2.45) is 0 Å². The van der Waals surface area contributed by atoms with Gasteiger partial charge in [-0.05, 0) is 45.9 Å². The van der Waals surface area contributed by atoms with E-state index in [1.165, 1.54) is 9.80 Å². The molecule has 0 spiro atoms. The lowest BCUT2D eigenvalue weighted by atomic mass is 10.1. The van der Waals surface area contributed by atoms with Crippen molar-refractivity contribution in [2.45, 2.75) is 45.7 Å². The molecule has 0 aliphatic carbocycles. The molecule has 3 rings (SSSR count). The Morgan fingerprint density at radius 1 is 1.10 bits per heavy atom. The van der Waals surface area contributed by atoms with Gasteiger partial charge in [0.15, 0.2) is 12.6 Å². The minimum absolute atomic E-state index is 0.0452. The predicted octanol–water partition coefficient (Wildman–Crippen LogP) is -1.73. The Labute approximate surface area is 176 Å². The number of H-pyrrole nitrogens is 2. The van der Waals surface area contributed by atoms with Gasteiger partial charge in [0.2, 0.25) is 0 Å². The highest BCUT2D eigenvalue weighted by Gasteiger charge is 2.30. The molecule has 0 saturated carbocycles.